The van der Waals surface area contributed by atoms with Gasteiger partial charge in [0.15, 0.2) is 0 Å². The van der Waals surface area contributed by atoms with Gasteiger partial charge in [-0.05, 0) is 92.1 Å². The minimum Gasteiger partial charge on any atom is -0.310 e. The van der Waals surface area contributed by atoms with Crippen LogP contribution in [0.5, 0.6) is 0 Å². The van der Waals surface area contributed by atoms with E-state index in [0.29, 0.717) is 0 Å². The van der Waals surface area contributed by atoms with Crippen LogP contribution in [0.15, 0.2) is 188 Å². The smallest absolute Gasteiger partial charge is 0.0468 e. The van der Waals surface area contributed by atoms with Crippen molar-refractivity contribution in [1.82, 2.24) is 0 Å². The third kappa shape index (κ3) is 5.24. The van der Waals surface area contributed by atoms with Crippen LogP contribution in [0, 0.1) is 0 Å². The van der Waals surface area contributed by atoms with E-state index in [9.17, 15) is 0 Å². The number of rotatable bonds is 7. The van der Waals surface area contributed by atoms with Gasteiger partial charge in [-0.15, -0.1) is 0 Å². The van der Waals surface area contributed by atoms with Crippen molar-refractivity contribution in [3.63, 3.8) is 0 Å². The molecule has 7 aromatic rings. The molecule has 0 saturated heterocycles. The van der Waals surface area contributed by atoms with E-state index in [-0.39, 0.29) is 5.41 Å². The molecular formula is C47H37N. The Labute approximate surface area is 284 Å². The molecule has 0 heterocycles. The Morgan fingerprint density at radius 2 is 0.792 bits per heavy atom. The molecule has 0 aromatic heterocycles. The van der Waals surface area contributed by atoms with Crippen molar-refractivity contribution in [2.75, 3.05) is 4.90 Å². The molecule has 1 heteroatoms. The molecule has 0 aliphatic heterocycles. The van der Waals surface area contributed by atoms with E-state index in [1.165, 1.54) is 50.1 Å². The van der Waals surface area contributed by atoms with Gasteiger partial charge in [-0.1, -0.05) is 166 Å². The molecule has 0 atom stereocenters. The summed E-state index contributed by atoms with van der Waals surface area (Å²) in [7, 11) is 0. The molecule has 0 saturated carbocycles. The summed E-state index contributed by atoms with van der Waals surface area (Å²) in [5, 5.41) is 0. The average molecular weight is 616 g/mol. The van der Waals surface area contributed by atoms with Gasteiger partial charge < -0.3 is 4.90 Å². The first kappa shape index (κ1) is 29.5. The third-order valence-corrected chi connectivity index (χ3v) is 9.67. The molecule has 1 aliphatic carbocycles. The van der Waals surface area contributed by atoms with Crippen LogP contribution in [0.4, 0.5) is 17.1 Å². The Bertz CT molecular complexity index is 2190. The van der Waals surface area contributed by atoms with Gasteiger partial charge in [-0.25, -0.2) is 0 Å². The van der Waals surface area contributed by atoms with E-state index >= 15 is 0 Å². The fraction of sp³-hybridized carbons (Fsp3) is 0.0638. The van der Waals surface area contributed by atoms with E-state index < -0.39 is 0 Å². The Balaban J connectivity index is 1.36. The van der Waals surface area contributed by atoms with E-state index in [4.69, 9.17) is 0 Å². The van der Waals surface area contributed by atoms with Crippen molar-refractivity contribution < 1.29 is 0 Å². The molecule has 1 nitrogen and oxygen atoms in total. The van der Waals surface area contributed by atoms with Crippen molar-refractivity contribution >= 4 is 28.2 Å². The number of hydrogen-bond acceptors (Lipinski definition) is 1. The average Bonchev–Trinajstić information content (AvgIpc) is 3.38. The first-order valence-corrected chi connectivity index (χ1v) is 16.7. The highest BCUT2D eigenvalue weighted by Crippen LogP contribution is 2.50. The Morgan fingerprint density at radius 3 is 1.40 bits per heavy atom. The van der Waals surface area contributed by atoms with E-state index in [1.54, 1.807) is 0 Å². The maximum atomic E-state index is 2.39. The van der Waals surface area contributed by atoms with Crippen LogP contribution >= 0.6 is 0 Å². The third-order valence-electron chi connectivity index (χ3n) is 9.67. The summed E-state index contributed by atoms with van der Waals surface area (Å²) in [6.07, 6.45) is 0. The normalized spacial score (nSPS) is 12.5. The predicted octanol–water partition coefficient (Wildman–Crippen LogP) is 12.5. The molecule has 0 spiro atoms. The van der Waals surface area contributed by atoms with Crippen molar-refractivity contribution in [2.24, 2.45) is 0 Å². The Morgan fingerprint density at radius 1 is 0.354 bits per heavy atom. The van der Waals surface area contributed by atoms with E-state index in [1.807, 2.05) is 0 Å². The number of benzene rings is 7. The van der Waals surface area contributed by atoms with Crippen LogP contribution in [0.2, 0.25) is 0 Å². The highest BCUT2D eigenvalue weighted by molar-refractivity contribution is 6.05. The molecule has 0 unspecified atom stereocenters. The maximum Gasteiger partial charge on any atom is 0.0468 e. The zero-order chi connectivity index (χ0) is 32.5. The molecule has 0 N–H and O–H groups in total. The van der Waals surface area contributed by atoms with Crippen molar-refractivity contribution in [2.45, 2.75) is 19.3 Å². The molecule has 8 rings (SSSR count). The number of anilines is 3. The van der Waals surface area contributed by atoms with Crippen LogP contribution in [-0.4, -0.2) is 0 Å². The molecule has 230 valence electrons. The first-order valence-electron chi connectivity index (χ1n) is 16.7. The lowest BCUT2D eigenvalue weighted by molar-refractivity contribution is 0.660. The standard InChI is InChI=1S/C47H37N/c1-47(2)43-29-16-15-28-41(43)42-33-40(30-31-44(42)47)48(38-25-13-6-14-26-38)39-27-17-24-37(32-39)46(36-22-11-5-12-23-36)45(34-18-7-3-8-19-34)35-20-9-4-10-21-35/h3-33H,1-2H3. The fourth-order valence-electron chi connectivity index (χ4n) is 7.40. The summed E-state index contributed by atoms with van der Waals surface area (Å²) in [4.78, 5) is 2.39. The second-order valence-electron chi connectivity index (χ2n) is 13.0. The summed E-state index contributed by atoms with van der Waals surface area (Å²) in [5.74, 6) is 0. The molecule has 48 heavy (non-hydrogen) atoms. The Kier molecular flexibility index (Phi) is 7.59. The van der Waals surface area contributed by atoms with Crippen molar-refractivity contribution in [1.29, 1.82) is 0 Å². The summed E-state index contributed by atoms with van der Waals surface area (Å²) < 4.78 is 0. The van der Waals surface area contributed by atoms with Gasteiger partial charge in [-0.3, -0.25) is 0 Å². The lowest BCUT2D eigenvalue weighted by Gasteiger charge is -2.28. The van der Waals surface area contributed by atoms with Crippen LogP contribution < -0.4 is 4.90 Å². The molecular weight excluding hydrogens is 579 g/mol. The van der Waals surface area contributed by atoms with Crippen LogP contribution in [-0.2, 0) is 5.41 Å². The quantitative estimate of drug-likeness (QED) is 0.161. The van der Waals surface area contributed by atoms with E-state index in [0.717, 1.165) is 22.6 Å². The van der Waals surface area contributed by atoms with Gasteiger partial charge in [-0.2, -0.15) is 0 Å². The minimum atomic E-state index is -0.0391. The number of hydrogen-bond donors (Lipinski definition) is 0. The summed E-state index contributed by atoms with van der Waals surface area (Å²) in [5.41, 5.74) is 15.9. The lowest BCUT2D eigenvalue weighted by atomic mass is 9.82. The lowest BCUT2D eigenvalue weighted by Crippen LogP contribution is -2.15. The van der Waals surface area contributed by atoms with E-state index in [2.05, 4.69) is 207 Å². The van der Waals surface area contributed by atoms with Crippen molar-refractivity contribution in [3.8, 4) is 11.1 Å². The highest BCUT2D eigenvalue weighted by atomic mass is 15.1. The Hall–Kier alpha value is -5.92. The molecule has 0 amide bonds. The van der Waals surface area contributed by atoms with Gasteiger partial charge in [0.05, 0.1) is 0 Å². The topological polar surface area (TPSA) is 3.24 Å². The van der Waals surface area contributed by atoms with Crippen LogP contribution in [0.1, 0.15) is 47.2 Å². The fourth-order valence-corrected chi connectivity index (χ4v) is 7.40. The van der Waals surface area contributed by atoms with Gasteiger partial charge in [0.2, 0.25) is 0 Å². The summed E-state index contributed by atoms with van der Waals surface area (Å²) in [6.45, 7) is 4.68. The van der Waals surface area contributed by atoms with Crippen molar-refractivity contribution in [3.05, 3.63) is 221 Å². The van der Waals surface area contributed by atoms with Crippen LogP contribution in [0.25, 0.3) is 22.3 Å². The zero-order valence-electron chi connectivity index (χ0n) is 27.3. The summed E-state index contributed by atoms with van der Waals surface area (Å²) >= 11 is 0. The van der Waals surface area contributed by atoms with Gasteiger partial charge in [0, 0.05) is 22.5 Å². The number of para-hydroxylation sites is 1. The predicted molar refractivity (Wildman–Crippen MR) is 203 cm³/mol. The molecule has 1 aliphatic rings. The summed E-state index contributed by atoms with van der Waals surface area (Å²) in [6, 6.07) is 68.0. The molecule has 0 fully saturated rings. The maximum absolute atomic E-state index is 2.39. The molecule has 7 aromatic carbocycles. The number of fused-ring (bicyclic) bond motifs is 3. The second-order valence-corrected chi connectivity index (χ2v) is 13.0. The largest absolute Gasteiger partial charge is 0.310 e. The van der Waals surface area contributed by atoms with Gasteiger partial charge in [0.1, 0.15) is 0 Å². The minimum absolute atomic E-state index is 0.0391. The van der Waals surface area contributed by atoms with Gasteiger partial charge in [0.25, 0.3) is 0 Å². The monoisotopic (exact) mass is 615 g/mol. The number of nitrogens with zero attached hydrogens (tertiary/aromatic N) is 1. The zero-order valence-corrected chi connectivity index (χ0v) is 27.3. The molecule has 0 bridgehead atoms. The SMILES string of the molecule is CC1(C)c2ccccc2-c2cc(N(c3ccccc3)c3cccc(C(=C(c4ccccc4)c4ccccc4)c4ccccc4)c3)ccc21. The van der Waals surface area contributed by atoms with Crippen LogP contribution in [0.3, 0.4) is 0 Å². The second kappa shape index (κ2) is 12.4. The molecule has 0 radical (unpaired) electrons. The first-order chi connectivity index (χ1) is 23.6. The highest BCUT2D eigenvalue weighted by Gasteiger charge is 2.35. The van der Waals surface area contributed by atoms with Gasteiger partial charge >= 0.3 is 0 Å².